The first kappa shape index (κ1) is 12.0. The lowest BCUT2D eigenvalue weighted by atomic mass is 9.98. The maximum Gasteiger partial charge on any atom is 0.0192 e. The van der Waals surface area contributed by atoms with E-state index in [0.717, 1.165) is 12.5 Å². The van der Waals surface area contributed by atoms with E-state index in [4.69, 9.17) is 0 Å². The van der Waals surface area contributed by atoms with Gasteiger partial charge in [-0.2, -0.15) is 0 Å². The summed E-state index contributed by atoms with van der Waals surface area (Å²) in [7, 11) is 2.04. The fourth-order valence-electron chi connectivity index (χ4n) is 2.46. The summed E-state index contributed by atoms with van der Waals surface area (Å²) in [4.78, 5) is 2.64. The van der Waals surface area contributed by atoms with Gasteiger partial charge in [0.25, 0.3) is 0 Å². The third-order valence-corrected chi connectivity index (χ3v) is 3.58. The highest BCUT2D eigenvalue weighted by molar-refractivity contribution is 4.74. The quantitative estimate of drug-likeness (QED) is 0.744. The Balaban J connectivity index is 2.33. The van der Waals surface area contributed by atoms with Crippen molar-refractivity contribution in [2.45, 2.75) is 45.6 Å². The minimum atomic E-state index is 0.704. The Bertz CT molecular complexity index is 147. The molecule has 2 nitrogen and oxygen atoms in total. The van der Waals surface area contributed by atoms with Crippen molar-refractivity contribution in [1.82, 2.24) is 10.2 Å². The standard InChI is InChI=1S/C12H26N2/c1-4-12-6-5-8-14(9-7-12)11(2)10-13-3/h11-13H,4-10H2,1-3H3. The van der Waals surface area contributed by atoms with Gasteiger partial charge in [0.2, 0.25) is 0 Å². The molecule has 2 heteroatoms. The molecule has 1 saturated heterocycles. The van der Waals surface area contributed by atoms with E-state index < -0.39 is 0 Å². The average Bonchev–Trinajstić information content (AvgIpc) is 2.42. The van der Waals surface area contributed by atoms with Gasteiger partial charge in [0, 0.05) is 12.6 Å². The lowest BCUT2D eigenvalue weighted by Crippen LogP contribution is -2.40. The zero-order valence-corrected chi connectivity index (χ0v) is 10.1. The highest BCUT2D eigenvalue weighted by Crippen LogP contribution is 2.21. The molecule has 14 heavy (non-hydrogen) atoms. The molecule has 0 aromatic heterocycles. The second-order valence-electron chi connectivity index (χ2n) is 4.65. The van der Waals surface area contributed by atoms with Crippen LogP contribution >= 0.6 is 0 Å². The van der Waals surface area contributed by atoms with Crippen molar-refractivity contribution in [3.8, 4) is 0 Å². The topological polar surface area (TPSA) is 15.3 Å². The molecule has 1 fully saturated rings. The second kappa shape index (κ2) is 6.41. The molecule has 2 atom stereocenters. The molecule has 0 aliphatic carbocycles. The third kappa shape index (κ3) is 3.58. The Labute approximate surface area is 89.1 Å². The summed E-state index contributed by atoms with van der Waals surface area (Å²) in [5, 5.41) is 3.27. The highest BCUT2D eigenvalue weighted by atomic mass is 15.2. The van der Waals surface area contributed by atoms with Gasteiger partial charge in [-0.15, -0.1) is 0 Å². The summed E-state index contributed by atoms with van der Waals surface area (Å²) in [6.07, 6.45) is 5.62. The number of nitrogens with zero attached hydrogens (tertiary/aromatic N) is 1. The summed E-state index contributed by atoms with van der Waals surface area (Å²) in [5.41, 5.74) is 0. The molecule has 1 aliphatic rings. The van der Waals surface area contributed by atoms with Crippen molar-refractivity contribution in [3.05, 3.63) is 0 Å². The lowest BCUT2D eigenvalue weighted by molar-refractivity contribution is 0.212. The molecule has 0 radical (unpaired) electrons. The molecule has 0 aromatic rings. The molecule has 1 rings (SSSR count). The minimum absolute atomic E-state index is 0.704. The molecule has 0 spiro atoms. The van der Waals surface area contributed by atoms with E-state index in [1.807, 2.05) is 7.05 Å². The average molecular weight is 198 g/mol. The number of likely N-dealkylation sites (N-methyl/N-ethyl adjacent to an activating group) is 1. The summed E-state index contributed by atoms with van der Waals surface area (Å²) < 4.78 is 0. The lowest BCUT2D eigenvalue weighted by Gasteiger charge is -2.27. The van der Waals surface area contributed by atoms with E-state index in [1.165, 1.54) is 38.8 Å². The fourth-order valence-corrected chi connectivity index (χ4v) is 2.46. The van der Waals surface area contributed by atoms with Crippen LogP contribution in [0.15, 0.2) is 0 Å². The number of likely N-dealkylation sites (tertiary alicyclic amines) is 1. The first-order chi connectivity index (χ1) is 6.77. The van der Waals surface area contributed by atoms with Crippen LogP contribution in [0.4, 0.5) is 0 Å². The Morgan fingerprint density at radius 3 is 2.79 bits per heavy atom. The van der Waals surface area contributed by atoms with Crippen LogP contribution in [0.5, 0.6) is 0 Å². The second-order valence-corrected chi connectivity index (χ2v) is 4.65. The number of hydrogen-bond acceptors (Lipinski definition) is 2. The Hall–Kier alpha value is -0.0800. The Morgan fingerprint density at radius 2 is 2.14 bits per heavy atom. The van der Waals surface area contributed by atoms with E-state index >= 15 is 0 Å². The molecular weight excluding hydrogens is 172 g/mol. The van der Waals surface area contributed by atoms with E-state index in [-0.39, 0.29) is 0 Å². The van der Waals surface area contributed by atoms with Gasteiger partial charge in [0.15, 0.2) is 0 Å². The fraction of sp³-hybridized carbons (Fsp3) is 1.00. The van der Waals surface area contributed by atoms with Crippen LogP contribution in [-0.2, 0) is 0 Å². The maximum atomic E-state index is 3.27. The van der Waals surface area contributed by atoms with Gasteiger partial charge in [-0.3, -0.25) is 4.90 Å². The van der Waals surface area contributed by atoms with Crippen LogP contribution < -0.4 is 5.32 Å². The normalized spacial score (nSPS) is 27.2. The van der Waals surface area contributed by atoms with Crippen molar-refractivity contribution in [3.63, 3.8) is 0 Å². The monoisotopic (exact) mass is 198 g/mol. The molecule has 0 saturated carbocycles. The van der Waals surface area contributed by atoms with Gasteiger partial charge in [-0.05, 0) is 52.2 Å². The number of rotatable bonds is 4. The zero-order valence-electron chi connectivity index (χ0n) is 10.1. The van der Waals surface area contributed by atoms with E-state index in [9.17, 15) is 0 Å². The van der Waals surface area contributed by atoms with Crippen molar-refractivity contribution in [2.75, 3.05) is 26.7 Å². The molecule has 1 N–H and O–H groups in total. The summed E-state index contributed by atoms with van der Waals surface area (Å²) in [6.45, 7) is 8.40. The maximum absolute atomic E-state index is 3.27. The van der Waals surface area contributed by atoms with Crippen molar-refractivity contribution >= 4 is 0 Å². The molecule has 0 bridgehead atoms. The van der Waals surface area contributed by atoms with Gasteiger partial charge in [-0.25, -0.2) is 0 Å². The van der Waals surface area contributed by atoms with E-state index in [0.29, 0.717) is 6.04 Å². The molecule has 2 unspecified atom stereocenters. The van der Waals surface area contributed by atoms with Crippen LogP contribution in [0.1, 0.15) is 39.5 Å². The van der Waals surface area contributed by atoms with Gasteiger partial charge in [0.05, 0.1) is 0 Å². The largest absolute Gasteiger partial charge is 0.318 e. The molecule has 84 valence electrons. The molecular formula is C12H26N2. The van der Waals surface area contributed by atoms with Gasteiger partial charge < -0.3 is 5.32 Å². The highest BCUT2D eigenvalue weighted by Gasteiger charge is 2.18. The number of hydrogen-bond donors (Lipinski definition) is 1. The SMILES string of the molecule is CCC1CCCN(C(C)CNC)CC1. The zero-order chi connectivity index (χ0) is 10.4. The number of nitrogens with one attached hydrogen (secondary N) is 1. The predicted molar refractivity (Wildman–Crippen MR) is 62.6 cm³/mol. The summed E-state index contributed by atoms with van der Waals surface area (Å²) >= 11 is 0. The van der Waals surface area contributed by atoms with Crippen molar-refractivity contribution in [1.29, 1.82) is 0 Å². The van der Waals surface area contributed by atoms with Crippen LogP contribution in [0.2, 0.25) is 0 Å². The van der Waals surface area contributed by atoms with Gasteiger partial charge in [-0.1, -0.05) is 13.3 Å². The Kier molecular flexibility index (Phi) is 5.49. The first-order valence-electron chi connectivity index (χ1n) is 6.16. The molecule has 1 aliphatic heterocycles. The minimum Gasteiger partial charge on any atom is -0.318 e. The third-order valence-electron chi connectivity index (χ3n) is 3.58. The molecule has 0 amide bonds. The van der Waals surface area contributed by atoms with Crippen LogP contribution in [-0.4, -0.2) is 37.6 Å². The summed E-state index contributed by atoms with van der Waals surface area (Å²) in [5.74, 6) is 0.988. The summed E-state index contributed by atoms with van der Waals surface area (Å²) in [6, 6.07) is 0.704. The smallest absolute Gasteiger partial charge is 0.0192 e. The van der Waals surface area contributed by atoms with Crippen molar-refractivity contribution < 1.29 is 0 Å². The van der Waals surface area contributed by atoms with Crippen LogP contribution in [0, 0.1) is 5.92 Å². The van der Waals surface area contributed by atoms with Crippen LogP contribution in [0.3, 0.4) is 0 Å². The van der Waals surface area contributed by atoms with E-state index in [1.54, 1.807) is 0 Å². The van der Waals surface area contributed by atoms with Gasteiger partial charge in [0.1, 0.15) is 0 Å². The Morgan fingerprint density at radius 1 is 1.36 bits per heavy atom. The van der Waals surface area contributed by atoms with Crippen molar-refractivity contribution in [2.24, 2.45) is 5.92 Å². The van der Waals surface area contributed by atoms with E-state index in [2.05, 4.69) is 24.1 Å². The molecule has 1 heterocycles. The first-order valence-corrected chi connectivity index (χ1v) is 6.16. The molecule has 0 aromatic carbocycles. The predicted octanol–water partition coefficient (Wildman–Crippen LogP) is 2.11. The van der Waals surface area contributed by atoms with Crippen LogP contribution in [0.25, 0.3) is 0 Å². The van der Waals surface area contributed by atoms with Gasteiger partial charge >= 0.3 is 0 Å².